The molecule has 1 fully saturated rings. The van der Waals surface area contributed by atoms with E-state index in [-0.39, 0.29) is 6.10 Å². The molecule has 0 atom stereocenters. The van der Waals surface area contributed by atoms with Gasteiger partial charge in [0.05, 0.1) is 17.5 Å². The molecule has 1 aromatic rings. The van der Waals surface area contributed by atoms with E-state index in [1.54, 1.807) is 6.20 Å². The maximum absolute atomic E-state index is 9.38. The van der Waals surface area contributed by atoms with Gasteiger partial charge in [-0.05, 0) is 19.8 Å². The van der Waals surface area contributed by atoms with E-state index in [0.717, 1.165) is 43.9 Å². The summed E-state index contributed by atoms with van der Waals surface area (Å²) in [6, 6.07) is 0. The molecule has 1 aromatic heterocycles. The highest BCUT2D eigenvalue weighted by Gasteiger charge is 2.17. The monoisotopic (exact) mass is 207 g/mol. The summed E-state index contributed by atoms with van der Waals surface area (Å²) in [7, 11) is 0. The first kappa shape index (κ1) is 10.5. The number of aliphatic hydroxyl groups is 1. The number of aliphatic hydroxyl groups excluding tert-OH is 1. The highest BCUT2D eigenvalue weighted by molar-refractivity contribution is 5.01. The molecule has 1 aliphatic heterocycles. The van der Waals surface area contributed by atoms with Crippen molar-refractivity contribution >= 4 is 0 Å². The average Bonchev–Trinajstić information content (AvgIpc) is 2.22. The summed E-state index contributed by atoms with van der Waals surface area (Å²) in [4.78, 5) is 10.9. The van der Waals surface area contributed by atoms with Crippen molar-refractivity contribution in [3.8, 4) is 0 Å². The minimum absolute atomic E-state index is 0.107. The molecule has 15 heavy (non-hydrogen) atoms. The SMILES string of the molecule is Cc1cncc(CN2CCC(O)CC2)n1. The van der Waals surface area contributed by atoms with Crippen LogP contribution in [0.2, 0.25) is 0 Å². The van der Waals surface area contributed by atoms with Crippen molar-refractivity contribution in [2.75, 3.05) is 13.1 Å². The fraction of sp³-hybridized carbons (Fsp3) is 0.636. The lowest BCUT2D eigenvalue weighted by Gasteiger charge is -2.28. The van der Waals surface area contributed by atoms with Crippen LogP contribution in [0.4, 0.5) is 0 Å². The van der Waals surface area contributed by atoms with Crippen LogP contribution in [0, 0.1) is 6.92 Å². The van der Waals surface area contributed by atoms with Gasteiger partial charge >= 0.3 is 0 Å². The lowest BCUT2D eigenvalue weighted by Crippen LogP contribution is -2.35. The Bertz CT molecular complexity index is 321. The molecule has 0 unspecified atom stereocenters. The van der Waals surface area contributed by atoms with Crippen molar-refractivity contribution in [1.82, 2.24) is 14.9 Å². The average molecular weight is 207 g/mol. The quantitative estimate of drug-likeness (QED) is 0.777. The third-order valence-corrected chi connectivity index (χ3v) is 2.75. The number of likely N-dealkylation sites (tertiary alicyclic amines) is 1. The van der Waals surface area contributed by atoms with Crippen LogP contribution in [0.25, 0.3) is 0 Å². The Hall–Kier alpha value is -1.00. The summed E-state index contributed by atoms with van der Waals surface area (Å²) in [5.74, 6) is 0. The number of aromatic nitrogens is 2. The van der Waals surface area contributed by atoms with Crippen molar-refractivity contribution in [2.24, 2.45) is 0 Å². The third kappa shape index (κ3) is 2.97. The summed E-state index contributed by atoms with van der Waals surface area (Å²) in [6.45, 7) is 4.71. The lowest BCUT2D eigenvalue weighted by molar-refractivity contribution is 0.0786. The Morgan fingerprint density at radius 1 is 1.40 bits per heavy atom. The van der Waals surface area contributed by atoms with Crippen LogP contribution in [0.15, 0.2) is 12.4 Å². The Labute approximate surface area is 90.0 Å². The van der Waals surface area contributed by atoms with E-state index in [1.807, 2.05) is 13.1 Å². The standard InChI is InChI=1S/C11H17N3O/c1-9-6-12-7-10(13-9)8-14-4-2-11(15)3-5-14/h6-7,11,15H,2-5,8H2,1H3. The number of aryl methyl sites for hydroxylation is 1. The zero-order valence-electron chi connectivity index (χ0n) is 9.06. The van der Waals surface area contributed by atoms with Gasteiger partial charge in [0.15, 0.2) is 0 Å². The summed E-state index contributed by atoms with van der Waals surface area (Å²) >= 11 is 0. The molecule has 1 N–H and O–H groups in total. The van der Waals surface area contributed by atoms with Gasteiger partial charge in [0.25, 0.3) is 0 Å². The molecule has 0 bridgehead atoms. The Morgan fingerprint density at radius 2 is 2.13 bits per heavy atom. The Balaban J connectivity index is 1.92. The zero-order chi connectivity index (χ0) is 10.7. The number of hydrogen-bond donors (Lipinski definition) is 1. The molecule has 0 saturated carbocycles. The van der Waals surface area contributed by atoms with Gasteiger partial charge in [-0.3, -0.25) is 14.9 Å². The van der Waals surface area contributed by atoms with E-state index < -0.39 is 0 Å². The van der Waals surface area contributed by atoms with E-state index in [0.29, 0.717) is 0 Å². The van der Waals surface area contributed by atoms with Gasteiger partial charge in [-0.25, -0.2) is 0 Å². The molecule has 1 saturated heterocycles. The van der Waals surface area contributed by atoms with Gasteiger partial charge in [0.2, 0.25) is 0 Å². The van der Waals surface area contributed by atoms with Gasteiger partial charge in [0, 0.05) is 32.0 Å². The first-order chi connectivity index (χ1) is 7.24. The molecule has 4 nitrogen and oxygen atoms in total. The summed E-state index contributed by atoms with van der Waals surface area (Å²) < 4.78 is 0. The zero-order valence-corrected chi connectivity index (χ0v) is 9.06. The molecule has 4 heteroatoms. The smallest absolute Gasteiger partial charge is 0.0730 e. The molecule has 2 rings (SSSR count). The van der Waals surface area contributed by atoms with E-state index in [2.05, 4.69) is 14.9 Å². The van der Waals surface area contributed by atoms with Crippen molar-refractivity contribution < 1.29 is 5.11 Å². The van der Waals surface area contributed by atoms with Crippen molar-refractivity contribution in [2.45, 2.75) is 32.4 Å². The molecule has 0 spiro atoms. The molecule has 82 valence electrons. The molecular weight excluding hydrogens is 190 g/mol. The first-order valence-electron chi connectivity index (χ1n) is 5.42. The summed E-state index contributed by atoms with van der Waals surface area (Å²) in [6.07, 6.45) is 5.23. The molecule has 0 amide bonds. The topological polar surface area (TPSA) is 49.2 Å². The predicted octanol–water partition coefficient (Wildman–Crippen LogP) is 0.742. The maximum atomic E-state index is 9.38. The van der Waals surface area contributed by atoms with Crippen molar-refractivity contribution in [3.05, 3.63) is 23.8 Å². The fourth-order valence-electron chi connectivity index (χ4n) is 1.90. The van der Waals surface area contributed by atoms with Gasteiger partial charge in [0.1, 0.15) is 0 Å². The first-order valence-corrected chi connectivity index (χ1v) is 5.42. The van der Waals surface area contributed by atoms with E-state index in [4.69, 9.17) is 0 Å². The number of rotatable bonds is 2. The third-order valence-electron chi connectivity index (χ3n) is 2.75. The van der Waals surface area contributed by atoms with Crippen LogP contribution in [0.1, 0.15) is 24.2 Å². The normalized spacial score (nSPS) is 19.3. The maximum Gasteiger partial charge on any atom is 0.0730 e. The molecule has 0 aromatic carbocycles. The van der Waals surface area contributed by atoms with Crippen LogP contribution in [0.3, 0.4) is 0 Å². The van der Waals surface area contributed by atoms with Gasteiger partial charge in [-0.2, -0.15) is 0 Å². The minimum atomic E-state index is -0.107. The molecule has 0 aliphatic carbocycles. The number of nitrogens with zero attached hydrogens (tertiary/aromatic N) is 3. The van der Waals surface area contributed by atoms with Crippen LogP contribution in [0.5, 0.6) is 0 Å². The summed E-state index contributed by atoms with van der Waals surface area (Å²) in [5.41, 5.74) is 1.98. The van der Waals surface area contributed by atoms with Crippen molar-refractivity contribution in [1.29, 1.82) is 0 Å². The minimum Gasteiger partial charge on any atom is -0.393 e. The van der Waals surface area contributed by atoms with Gasteiger partial charge < -0.3 is 5.11 Å². The van der Waals surface area contributed by atoms with E-state index >= 15 is 0 Å². The van der Waals surface area contributed by atoms with Crippen LogP contribution < -0.4 is 0 Å². The second-order valence-electron chi connectivity index (χ2n) is 4.16. The number of piperidine rings is 1. The predicted molar refractivity (Wildman–Crippen MR) is 57.3 cm³/mol. The fourth-order valence-corrected chi connectivity index (χ4v) is 1.90. The second-order valence-corrected chi connectivity index (χ2v) is 4.16. The Morgan fingerprint density at radius 3 is 2.80 bits per heavy atom. The Kier molecular flexibility index (Phi) is 3.28. The molecule has 0 radical (unpaired) electrons. The second kappa shape index (κ2) is 4.68. The largest absolute Gasteiger partial charge is 0.393 e. The van der Waals surface area contributed by atoms with Crippen LogP contribution >= 0.6 is 0 Å². The lowest BCUT2D eigenvalue weighted by atomic mass is 10.1. The van der Waals surface area contributed by atoms with Crippen LogP contribution in [-0.2, 0) is 6.54 Å². The highest BCUT2D eigenvalue weighted by atomic mass is 16.3. The van der Waals surface area contributed by atoms with Gasteiger partial charge in [-0.1, -0.05) is 0 Å². The summed E-state index contributed by atoms with van der Waals surface area (Å²) in [5, 5.41) is 9.38. The van der Waals surface area contributed by atoms with E-state index in [1.165, 1.54) is 0 Å². The molecular formula is C11H17N3O. The van der Waals surface area contributed by atoms with Crippen molar-refractivity contribution in [3.63, 3.8) is 0 Å². The number of hydrogen-bond acceptors (Lipinski definition) is 4. The molecule has 2 heterocycles. The molecule has 1 aliphatic rings. The highest BCUT2D eigenvalue weighted by Crippen LogP contribution is 2.12. The van der Waals surface area contributed by atoms with E-state index in [9.17, 15) is 5.11 Å². The van der Waals surface area contributed by atoms with Crippen LogP contribution in [-0.4, -0.2) is 39.2 Å². The van der Waals surface area contributed by atoms with Gasteiger partial charge in [-0.15, -0.1) is 0 Å².